The number of ether oxygens (including phenoxy) is 1. The molecule has 16 heavy (non-hydrogen) atoms. The maximum atomic E-state index is 12.2. The Morgan fingerprint density at radius 1 is 1.31 bits per heavy atom. The van der Waals surface area contributed by atoms with Crippen LogP contribution in [0.1, 0.15) is 18.9 Å². The molecule has 0 aliphatic rings. The van der Waals surface area contributed by atoms with Crippen molar-refractivity contribution in [2.24, 2.45) is 0 Å². The summed E-state index contributed by atoms with van der Waals surface area (Å²) in [6, 6.07) is 2.10. The van der Waals surface area contributed by atoms with Gasteiger partial charge in [-0.2, -0.15) is 13.2 Å². The van der Waals surface area contributed by atoms with E-state index in [9.17, 15) is 13.2 Å². The van der Waals surface area contributed by atoms with Crippen molar-refractivity contribution in [2.75, 3.05) is 6.61 Å². The standard InChI is InChI=1S/C11H10F3NO/c1-2-3-4-7-16-10-6-5-9(8-15-10)11(12,13)14/h5-6,8H,2,7H2,1H3. The second-order valence-corrected chi connectivity index (χ2v) is 2.88. The molecule has 0 radical (unpaired) electrons. The number of hydrogen-bond donors (Lipinski definition) is 0. The molecule has 5 heteroatoms. The first-order valence-electron chi connectivity index (χ1n) is 4.66. The number of nitrogens with zero attached hydrogens (tertiary/aromatic N) is 1. The van der Waals surface area contributed by atoms with Crippen LogP contribution in [0, 0.1) is 11.8 Å². The Bertz CT molecular complexity index is 386. The van der Waals surface area contributed by atoms with E-state index >= 15 is 0 Å². The van der Waals surface area contributed by atoms with E-state index in [0.717, 1.165) is 12.3 Å². The Morgan fingerprint density at radius 3 is 2.56 bits per heavy atom. The molecule has 0 atom stereocenters. The van der Waals surface area contributed by atoms with Gasteiger partial charge < -0.3 is 4.74 Å². The SMILES string of the molecule is CCC#CCOc1ccc(C(F)(F)F)cn1. The van der Waals surface area contributed by atoms with Crippen molar-refractivity contribution in [2.45, 2.75) is 19.5 Å². The smallest absolute Gasteiger partial charge is 0.417 e. The van der Waals surface area contributed by atoms with Crippen LogP contribution < -0.4 is 4.74 Å². The van der Waals surface area contributed by atoms with Gasteiger partial charge in [0, 0.05) is 18.7 Å². The molecule has 0 amide bonds. The second kappa shape index (κ2) is 5.40. The summed E-state index contributed by atoms with van der Waals surface area (Å²) in [5.41, 5.74) is -0.792. The average molecular weight is 229 g/mol. The highest BCUT2D eigenvalue weighted by Crippen LogP contribution is 2.29. The molecule has 0 aromatic carbocycles. The Hall–Kier alpha value is -1.70. The summed E-state index contributed by atoms with van der Waals surface area (Å²) in [6.45, 7) is 2.02. The zero-order valence-corrected chi connectivity index (χ0v) is 8.64. The third kappa shape index (κ3) is 3.81. The Morgan fingerprint density at radius 2 is 2.06 bits per heavy atom. The van der Waals surface area contributed by atoms with Gasteiger partial charge in [0.05, 0.1) is 5.56 Å². The molecule has 0 N–H and O–H groups in total. The predicted molar refractivity (Wildman–Crippen MR) is 52.8 cm³/mol. The van der Waals surface area contributed by atoms with Gasteiger partial charge in [0.15, 0.2) is 6.61 Å². The number of halogens is 3. The van der Waals surface area contributed by atoms with Crippen molar-refractivity contribution in [1.29, 1.82) is 0 Å². The zero-order valence-electron chi connectivity index (χ0n) is 8.64. The van der Waals surface area contributed by atoms with E-state index in [-0.39, 0.29) is 12.5 Å². The van der Waals surface area contributed by atoms with Gasteiger partial charge in [0.1, 0.15) is 0 Å². The van der Waals surface area contributed by atoms with E-state index in [2.05, 4.69) is 16.8 Å². The van der Waals surface area contributed by atoms with Gasteiger partial charge in [0.25, 0.3) is 0 Å². The number of aromatic nitrogens is 1. The molecule has 1 aromatic rings. The molecule has 2 nitrogen and oxygen atoms in total. The van der Waals surface area contributed by atoms with Crippen LogP contribution in [0.15, 0.2) is 18.3 Å². The lowest BCUT2D eigenvalue weighted by Crippen LogP contribution is -2.05. The highest BCUT2D eigenvalue weighted by molar-refractivity contribution is 5.20. The molecule has 0 fully saturated rings. The molecule has 1 aromatic heterocycles. The minimum absolute atomic E-state index is 0.131. The maximum Gasteiger partial charge on any atom is 0.417 e. The van der Waals surface area contributed by atoms with Crippen LogP contribution >= 0.6 is 0 Å². The predicted octanol–water partition coefficient (Wildman–Crippen LogP) is 2.89. The molecular formula is C11H10F3NO. The summed E-state index contributed by atoms with van der Waals surface area (Å²) in [4.78, 5) is 3.53. The van der Waals surface area contributed by atoms with E-state index in [1.54, 1.807) is 0 Å². The maximum absolute atomic E-state index is 12.2. The molecule has 1 heterocycles. The molecule has 0 saturated carbocycles. The molecular weight excluding hydrogens is 219 g/mol. The number of alkyl halides is 3. The third-order valence-electron chi connectivity index (χ3n) is 1.66. The second-order valence-electron chi connectivity index (χ2n) is 2.88. The Kier molecular flexibility index (Phi) is 4.18. The number of rotatable bonds is 2. The first kappa shape index (κ1) is 12.4. The summed E-state index contributed by atoms with van der Waals surface area (Å²) in [6.07, 6.45) is -2.92. The van der Waals surface area contributed by atoms with Gasteiger partial charge in [-0.25, -0.2) is 4.98 Å². The topological polar surface area (TPSA) is 22.1 Å². The highest BCUT2D eigenvalue weighted by Gasteiger charge is 2.30. The van der Waals surface area contributed by atoms with Gasteiger partial charge in [-0.1, -0.05) is 12.8 Å². The Labute approximate surface area is 91.5 Å². The normalized spacial score (nSPS) is 10.5. The van der Waals surface area contributed by atoms with Gasteiger partial charge in [0.2, 0.25) is 5.88 Å². The molecule has 1 rings (SSSR count). The van der Waals surface area contributed by atoms with Crippen LogP contribution in [0.4, 0.5) is 13.2 Å². The van der Waals surface area contributed by atoms with E-state index in [1.807, 2.05) is 6.92 Å². The highest BCUT2D eigenvalue weighted by atomic mass is 19.4. The minimum atomic E-state index is -4.37. The van der Waals surface area contributed by atoms with Gasteiger partial charge in [-0.15, -0.1) is 5.92 Å². The molecule has 0 aliphatic carbocycles. The summed E-state index contributed by atoms with van der Waals surface area (Å²) in [5, 5.41) is 0. The monoisotopic (exact) mass is 229 g/mol. The molecule has 0 aliphatic heterocycles. The van der Waals surface area contributed by atoms with Gasteiger partial charge in [-0.3, -0.25) is 0 Å². The lowest BCUT2D eigenvalue weighted by atomic mass is 10.3. The van der Waals surface area contributed by atoms with Crippen molar-refractivity contribution in [3.8, 4) is 17.7 Å². The van der Waals surface area contributed by atoms with Gasteiger partial charge in [-0.05, 0) is 6.07 Å². The van der Waals surface area contributed by atoms with Crippen LogP contribution in [0.5, 0.6) is 5.88 Å². The van der Waals surface area contributed by atoms with Crippen molar-refractivity contribution in [1.82, 2.24) is 4.98 Å². The fraction of sp³-hybridized carbons (Fsp3) is 0.364. The molecule has 0 saturated heterocycles. The molecule has 86 valence electrons. The van der Waals surface area contributed by atoms with Crippen LogP contribution in [0.2, 0.25) is 0 Å². The fourth-order valence-corrected chi connectivity index (χ4v) is 0.919. The first-order chi connectivity index (χ1) is 7.54. The summed E-state index contributed by atoms with van der Waals surface area (Å²) >= 11 is 0. The number of pyridine rings is 1. The summed E-state index contributed by atoms with van der Waals surface area (Å²) in [7, 11) is 0. The average Bonchev–Trinajstić information content (AvgIpc) is 2.24. The number of hydrogen-bond acceptors (Lipinski definition) is 2. The van der Waals surface area contributed by atoms with E-state index < -0.39 is 11.7 Å². The van der Waals surface area contributed by atoms with E-state index in [0.29, 0.717) is 6.42 Å². The van der Waals surface area contributed by atoms with Crippen molar-refractivity contribution < 1.29 is 17.9 Å². The quantitative estimate of drug-likeness (QED) is 0.727. The lowest BCUT2D eigenvalue weighted by molar-refractivity contribution is -0.137. The van der Waals surface area contributed by atoms with Crippen LogP contribution in [-0.2, 0) is 6.18 Å². The van der Waals surface area contributed by atoms with Crippen molar-refractivity contribution >= 4 is 0 Å². The van der Waals surface area contributed by atoms with Crippen LogP contribution in [0.25, 0.3) is 0 Å². The molecule has 0 bridgehead atoms. The van der Waals surface area contributed by atoms with E-state index in [4.69, 9.17) is 4.74 Å². The minimum Gasteiger partial charge on any atom is -0.464 e. The van der Waals surface area contributed by atoms with Crippen LogP contribution in [-0.4, -0.2) is 11.6 Å². The van der Waals surface area contributed by atoms with Crippen molar-refractivity contribution in [3.05, 3.63) is 23.9 Å². The van der Waals surface area contributed by atoms with E-state index in [1.165, 1.54) is 6.07 Å². The Balaban J connectivity index is 2.58. The third-order valence-corrected chi connectivity index (χ3v) is 1.66. The fourth-order valence-electron chi connectivity index (χ4n) is 0.919. The lowest BCUT2D eigenvalue weighted by Gasteiger charge is -2.06. The molecule has 0 unspecified atom stereocenters. The van der Waals surface area contributed by atoms with Crippen molar-refractivity contribution in [3.63, 3.8) is 0 Å². The summed E-state index contributed by atoms with van der Waals surface area (Å²) < 4.78 is 41.5. The largest absolute Gasteiger partial charge is 0.464 e. The molecule has 0 spiro atoms. The van der Waals surface area contributed by atoms with Gasteiger partial charge >= 0.3 is 6.18 Å². The van der Waals surface area contributed by atoms with Crippen LogP contribution in [0.3, 0.4) is 0 Å². The zero-order chi connectivity index (χ0) is 12.0. The summed E-state index contributed by atoms with van der Waals surface area (Å²) in [5.74, 6) is 5.60. The first-order valence-corrected chi connectivity index (χ1v) is 4.66.